The van der Waals surface area contributed by atoms with Gasteiger partial charge in [-0.15, -0.1) is 0 Å². The van der Waals surface area contributed by atoms with Gasteiger partial charge in [-0.25, -0.2) is 0 Å². The molecule has 2 unspecified atom stereocenters. The Hall–Kier alpha value is -2.11. The highest BCUT2D eigenvalue weighted by atomic mass is 14.9. The van der Waals surface area contributed by atoms with Crippen molar-refractivity contribution in [2.75, 3.05) is 0 Å². The van der Waals surface area contributed by atoms with E-state index in [4.69, 9.17) is 5.26 Å². The summed E-state index contributed by atoms with van der Waals surface area (Å²) in [7, 11) is 0. The second kappa shape index (κ2) is 7.47. The lowest BCUT2D eigenvalue weighted by Gasteiger charge is -2.24. The van der Waals surface area contributed by atoms with Gasteiger partial charge in [0, 0.05) is 12.1 Å². The first kappa shape index (κ1) is 14.3. The predicted octanol–water partition coefficient (Wildman–Crippen LogP) is 4.38. The lowest BCUT2D eigenvalue weighted by Crippen LogP contribution is -2.26. The Balaban J connectivity index is 2.17. The Labute approximate surface area is 121 Å². The summed E-state index contributed by atoms with van der Waals surface area (Å²) < 4.78 is 0. The molecule has 0 saturated carbocycles. The lowest BCUT2D eigenvalue weighted by molar-refractivity contribution is 0.439. The van der Waals surface area contributed by atoms with Crippen LogP contribution in [0.25, 0.3) is 0 Å². The van der Waals surface area contributed by atoms with Crippen LogP contribution in [0.1, 0.15) is 43.0 Å². The Bertz CT molecular complexity index is 543. The standard InChI is InChI=1S/C18H20N2/c1-2-17(15-9-5-3-6-10-15)20-18(13-14-19)16-11-7-4-8-12-16/h3-12,17-18,20H,2,13H2,1H3. The molecule has 0 aliphatic rings. The molecule has 0 heterocycles. The number of nitrogens with one attached hydrogen (secondary N) is 1. The second-order valence-corrected chi connectivity index (χ2v) is 4.86. The van der Waals surface area contributed by atoms with E-state index in [1.165, 1.54) is 11.1 Å². The smallest absolute Gasteiger partial charge is 0.0641 e. The zero-order valence-corrected chi connectivity index (χ0v) is 11.8. The van der Waals surface area contributed by atoms with Crippen LogP contribution in [0.3, 0.4) is 0 Å². The number of rotatable bonds is 6. The van der Waals surface area contributed by atoms with Crippen LogP contribution < -0.4 is 5.32 Å². The third-order valence-corrected chi connectivity index (χ3v) is 3.51. The molecule has 2 atom stereocenters. The van der Waals surface area contributed by atoms with Crippen LogP contribution in [-0.4, -0.2) is 0 Å². The van der Waals surface area contributed by atoms with Crippen molar-refractivity contribution in [1.82, 2.24) is 5.32 Å². The van der Waals surface area contributed by atoms with Crippen LogP contribution >= 0.6 is 0 Å². The molecule has 2 aromatic rings. The van der Waals surface area contributed by atoms with Gasteiger partial charge in [-0.1, -0.05) is 67.6 Å². The zero-order valence-electron chi connectivity index (χ0n) is 11.8. The summed E-state index contributed by atoms with van der Waals surface area (Å²) in [6.45, 7) is 2.17. The second-order valence-electron chi connectivity index (χ2n) is 4.86. The van der Waals surface area contributed by atoms with E-state index in [1.54, 1.807) is 0 Å². The number of nitrogens with zero attached hydrogens (tertiary/aromatic N) is 1. The first-order valence-corrected chi connectivity index (χ1v) is 7.08. The van der Waals surface area contributed by atoms with E-state index in [2.05, 4.69) is 54.7 Å². The van der Waals surface area contributed by atoms with Crippen molar-refractivity contribution < 1.29 is 0 Å². The largest absolute Gasteiger partial charge is 0.302 e. The first-order valence-electron chi connectivity index (χ1n) is 7.08. The number of nitriles is 1. The molecule has 2 aromatic carbocycles. The highest BCUT2D eigenvalue weighted by Gasteiger charge is 2.16. The molecule has 0 amide bonds. The molecule has 102 valence electrons. The minimum Gasteiger partial charge on any atom is -0.302 e. The van der Waals surface area contributed by atoms with Crippen LogP contribution in [0.5, 0.6) is 0 Å². The molecule has 2 heteroatoms. The summed E-state index contributed by atoms with van der Waals surface area (Å²) in [4.78, 5) is 0. The first-order chi connectivity index (χ1) is 9.85. The van der Waals surface area contributed by atoms with Gasteiger partial charge in [-0.05, 0) is 17.5 Å². The maximum Gasteiger partial charge on any atom is 0.0641 e. The average molecular weight is 264 g/mol. The highest BCUT2D eigenvalue weighted by molar-refractivity contribution is 5.23. The third-order valence-electron chi connectivity index (χ3n) is 3.51. The van der Waals surface area contributed by atoms with Crippen LogP contribution in [0, 0.1) is 11.3 Å². The third kappa shape index (κ3) is 3.69. The summed E-state index contributed by atoms with van der Waals surface area (Å²) in [5, 5.41) is 12.7. The summed E-state index contributed by atoms with van der Waals surface area (Å²) >= 11 is 0. The van der Waals surface area contributed by atoms with Gasteiger partial charge in [0.15, 0.2) is 0 Å². The fourth-order valence-corrected chi connectivity index (χ4v) is 2.43. The molecule has 0 bridgehead atoms. The monoisotopic (exact) mass is 264 g/mol. The van der Waals surface area contributed by atoms with E-state index in [0.29, 0.717) is 6.42 Å². The van der Waals surface area contributed by atoms with Crippen LogP contribution in [0.15, 0.2) is 60.7 Å². The molecule has 0 aliphatic heterocycles. The van der Waals surface area contributed by atoms with Gasteiger partial charge < -0.3 is 5.32 Å². The van der Waals surface area contributed by atoms with Gasteiger partial charge in [0.25, 0.3) is 0 Å². The molecule has 0 fully saturated rings. The number of hydrogen-bond donors (Lipinski definition) is 1. The van der Waals surface area contributed by atoms with Crippen LogP contribution in [0.2, 0.25) is 0 Å². The van der Waals surface area contributed by atoms with E-state index < -0.39 is 0 Å². The molecule has 0 spiro atoms. The fraction of sp³-hybridized carbons (Fsp3) is 0.278. The van der Waals surface area contributed by atoms with Crippen LogP contribution in [-0.2, 0) is 0 Å². The molecule has 2 nitrogen and oxygen atoms in total. The maximum atomic E-state index is 9.06. The van der Waals surface area contributed by atoms with Crippen molar-refractivity contribution in [3.8, 4) is 6.07 Å². The summed E-state index contributed by atoms with van der Waals surface area (Å²) in [6.07, 6.45) is 1.48. The highest BCUT2D eigenvalue weighted by Crippen LogP contribution is 2.24. The topological polar surface area (TPSA) is 35.8 Å². The Morgan fingerprint density at radius 3 is 1.85 bits per heavy atom. The van der Waals surface area contributed by atoms with E-state index in [-0.39, 0.29) is 12.1 Å². The SMILES string of the molecule is CCC(NC(CC#N)c1ccccc1)c1ccccc1. The fourth-order valence-electron chi connectivity index (χ4n) is 2.43. The predicted molar refractivity (Wildman–Crippen MR) is 82.0 cm³/mol. The van der Waals surface area contributed by atoms with E-state index in [9.17, 15) is 0 Å². The van der Waals surface area contributed by atoms with Gasteiger partial charge in [0.2, 0.25) is 0 Å². The van der Waals surface area contributed by atoms with Gasteiger partial charge in [0.1, 0.15) is 0 Å². The van der Waals surface area contributed by atoms with E-state index in [0.717, 1.165) is 6.42 Å². The Kier molecular flexibility index (Phi) is 5.34. The minimum absolute atomic E-state index is 0.0753. The molecule has 1 N–H and O–H groups in total. The van der Waals surface area contributed by atoms with E-state index >= 15 is 0 Å². The van der Waals surface area contributed by atoms with Crippen molar-refractivity contribution >= 4 is 0 Å². The molecule has 2 rings (SSSR count). The number of hydrogen-bond acceptors (Lipinski definition) is 2. The lowest BCUT2D eigenvalue weighted by atomic mass is 9.99. The maximum absolute atomic E-state index is 9.06. The van der Waals surface area contributed by atoms with Crippen molar-refractivity contribution in [3.63, 3.8) is 0 Å². The van der Waals surface area contributed by atoms with Gasteiger partial charge >= 0.3 is 0 Å². The average Bonchev–Trinajstić information content (AvgIpc) is 2.53. The molecule has 0 aromatic heterocycles. The van der Waals surface area contributed by atoms with E-state index in [1.807, 2.05) is 24.3 Å². The van der Waals surface area contributed by atoms with Crippen molar-refractivity contribution in [2.45, 2.75) is 31.8 Å². The van der Waals surface area contributed by atoms with Crippen LogP contribution in [0.4, 0.5) is 0 Å². The zero-order chi connectivity index (χ0) is 14.2. The molecule has 0 saturated heterocycles. The summed E-state index contributed by atoms with van der Waals surface area (Å²) in [5.74, 6) is 0. The molecular weight excluding hydrogens is 244 g/mol. The quantitative estimate of drug-likeness (QED) is 0.840. The van der Waals surface area contributed by atoms with Crippen molar-refractivity contribution in [3.05, 3.63) is 71.8 Å². The van der Waals surface area contributed by atoms with Gasteiger partial charge in [-0.3, -0.25) is 0 Å². The molecule has 20 heavy (non-hydrogen) atoms. The summed E-state index contributed by atoms with van der Waals surface area (Å²) in [6, 6.07) is 23.2. The van der Waals surface area contributed by atoms with Crippen molar-refractivity contribution in [1.29, 1.82) is 5.26 Å². The Morgan fingerprint density at radius 2 is 1.40 bits per heavy atom. The summed E-state index contributed by atoms with van der Waals surface area (Å²) in [5.41, 5.74) is 2.44. The molecule has 0 radical (unpaired) electrons. The molecular formula is C18H20N2. The molecule has 0 aliphatic carbocycles. The Morgan fingerprint density at radius 1 is 0.900 bits per heavy atom. The van der Waals surface area contributed by atoms with Gasteiger partial charge in [0.05, 0.1) is 12.5 Å². The van der Waals surface area contributed by atoms with Gasteiger partial charge in [-0.2, -0.15) is 5.26 Å². The van der Waals surface area contributed by atoms with Crippen molar-refractivity contribution in [2.24, 2.45) is 0 Å². The number of benzene rings is 2. The minimum atomic E-state index is 0.0753. The normalized spacial score (nSPS) is 13.4.